The van der Waals surface area contributed by atoms with Gasteiger partial charge in [-0.2, -0.15) is 0 Å². The molecule has 1 aliphatic heterocycles. The second-order valence-corrected chi connectivity index (χ2v) is 4.28. The number of primary amides is 1. The minimum Gasteiger partial charge on any atom is -0.370 e. The summed E-state index contributed by atoms with van der Waals surface area (Å²) in [6.45, 7) is 3.77. The fourth-order valence-corrected chi connectivity index (χ4v) is 1.99. The maximum Gasteiger partial charge on any atom is 0.217 e. The molecular formula is C12H21N3O. The highest BCUT2D eigenvalue weighted by molar-refractivity contribution is 5.73. The van der Waals surface area contributed by atoms with Crippen LogP contribution in [0.5, 0.6) is 0 Å². The summed E-state index contributed by atoms with van der Waals surface area (Å²) in [5.41, 5.74) is 5.07. The number of carbonyl (C=O) groups excluding carboxylic acids is 1. The van der Waals surface area contributed by atoms with Gasteiger partial charge in [-0.05, 0) is 25.8 Å². The van der Waals surface area contributed by atoms with Crippen LogP contribution in [0.15, 0.2) is 0 Å². The van der Waals surface area contributed by atoms with Crippen LogP contribution < -0.4 is 11.1 Å². The van der Waals surface area contributed by atoms with Crippen molar-refractivity contribution in [3.63, 3.8) is 0 Å². The lowest BCUT2D eigenvalue weighted by atomic mass is 10.0. The lowest BCUT2D eigenvalue weighted by Gasteiger charge is -2.31. The molecule has 0 radical (unpaired) electrons. The first-order valence-electron chi connectivity index (χ1n) is 5.90. The molecule has 1 fully saturated rings. The molecule has 0 aliphatic carbocycles. The number of amides is 1. The van der Waals surface area contributed by atoms with Crippen LogP contribution in [0.4, 0.5) is 0 Å². The lowest BCUT2D eigenvalue weighted by Crippen LogP contribution is -2.42. The quantitative estimate of drug-likeness (QED) is 0.490. The molecule has 0 aromatic rings. The Hall–Kier alpha value is -1.05. The maximum absolute atomic E-state index is 10.5. The highest BCUT2D eigenvalue weighted by atomic mass is 16.1. The molecule has 1 amide bonds. The van der Waals surface area contributed by atoms with Crippen molar-refractivity contribution in [3.05, 3.63) is 0 Å². The molecule has 1 aliphatic rings. The number of piperidine rings is 1. The van der Waals surface area contributed by atoms with Gasteiger partial charge in [0.15, 0.2) is 0 Å². The molecule has 4 heteroatoms. The minimum atomic E-state index is -0.217. The Kier molecular flexibility index (Phi) is 5.91. The molecule has 1 rings (SSSR count). The average molecular weight is 223 g/mol. The van der Waals surface area contributed by atoms with Crippen LogP contribution in [-0.2, 0) is 4.79 Å². The predicted octanol–water partition coefficient (Wildman–Crippen LogP) is -0.0609. The van der Waals surface area contributed by atoms with Crippen molar-refractivity contribution in [1.82, 2.24) is 10.2 Å². The second-order valence-electron chi connectivity index (χ2n) is 4.28. The zero-order chi connectivity index (χ0) is 11.8. The van der Waals surface area contributed by atoms with Gasteiger partial charge >= 0.3 is 0 Å². The third kappa shape index (κ3) is 5.15. The molecule has 0 aromatic carbocycles. The smallest absolute Gasteiger partial charge is 0.217 e. The molecule has 0 atom stereocenters. The summed E-state index contributed by atoms with van der Waals surface area (Å²) < 4.78 is 0. The van der Waals surface area contributed by atoms with E-state index in [9.17, 15) is 4.79 Å². The molecule has 0 unspecified atom stereocenters. The third-order valence-corrected chi connectivity index (χ3v) is 2.94. The van der Waals surface area contributed by atoms with E-state index in [4.69, 9.17) is 12.2 Å². The van der Waals surface area contributed by atoms with E-state index < -0.39 is 0 Å². The summed E-state index contributed by atoms with van der Waals surface area (Å²) in [5, 5.41) is 3.45. The summed E-state index contributed by atoms with van der Waals surface area (Å²) >= 11 is 0. The van der Waals surface area contributed by atoms with Crippen molar-refractivity contribution < 1.29 is 4.79 Å². The molecule has 1 heterocycles. The van der Waals surface area contributed by atoms with Crippen LogP contribution in [0, 0.1) is 12.3 Å². The highest BCUT2D eigenvalue weighted by Crippen LogP contribution is 2.09. The summed E-state index contributed by atoms with van der Waals surface area (Å²) in [6, 6.07) is 0.571. The van der Waals surface area contributed by atoms with Crippen LogP contribution in [-0.4, -0.2) is 43.0 Å². The second kappa shape index (κ2) is 7.26. The number of nitrogens with one attached hydrogen (secondary N) is 1. The maximum atomic E-state index is 10.5. The van der Waals surface area contributed by atoms with Crippen molar-refractivity contribution >= 4 is 5.91 Å². The highest BCUT2D eigenvalue weighted by Gasteiger charge is 2.17. The van der Waals surface area contributed by atoms with Gasteiger partial charge in [-0.25, -0.2) is 0 Å². The molecule has 0 bridgehead atoms. The molecule has 0 saturated carbocycles. The Bertz CT molecular complexity index is 251. The van der Waals surface area contributed by atoms with Crippen LogP contribution in [0.2, 0.25) is 0 Å². The molecule has 0 aromatic heterocycles. The molecule has 16 heavy (non-hydrogen) atoms. The van der Waals surface area contributed by atoms with Crippen molar-refractivity contribution in [2.75, 3.05) is 26.2 Å². The van der Waals surface area contributed by atoms with Crippen LogP contribution in [0.25, 0.3) is 0 Å². The van der Waals surface area contributed by atoms with Gasteiger partial charge in [0, 0.05) is 25.6 Å². The van der Waals surface area contributed by atoms with Crippen molar-refractivity contribution in [1.29, 1.82) is 0 Å². The Morgan fingerprint density at radius 1 is 1.50 bits per heavy atom. The zero-order valence-corrected chi connectivity index (χ0v) is 9.74. The number of nitrogens with zero attached hydrogens (tertiary/aromatic N) is 1. The molecule has 3 N–H and O–H groups in total. The van der Waals surface area contributed by atoms with E-state index in [1.165, 1.54) is 0 Å². The fraction of sp³-hybridized carbons (Fsp3) is 0.750. The number of hydrogen-bond acceptors (Lipinski definition) is 3. The number of hydrogen-bond donors (Lipinski definition) is 2. The molecule has 1 saturated heterocycles. The number of likely N-dealkylation sites (tertiary alicyclic amines) is 1. The van der Waals surface area contributed by atoms with E-state index in [0.29, 0.717) is 12.5 Å². The average Bonchev–Trinajstić information content (AvgIpc) is 2.27. The lowest BCUT2D eigenvalue weighted by molar-refractivity contribution is -0.118. The van der Waals surface area contributed by atoms with E-state index in [0.717, 1.165) is 45.4 Å². The summed E-state index contributed by atoms with van der Waals surface area (Å²) in [5.74, 6) is 2.45. The SMILES string of the molecule is C#CCN1CCC(NCCCC(N)=O)CC1. The Labute approximate surface area is 97.6 Å². The van der Waals surface area contributed by atoms with Crippen molar-refractivity contribution in [2.45, 2.75) is 31.7 Å². The Balaban J connectivity index is 2.04. The number of carbonyl (C=O) groups is 1. The fourth-order valence-electron chi connectivity index (χ4n) is 1.99. The van der Waals surface area contributed by atoms with E-state index in [1.807, 2.05) is 0 Å². The van der Waals surface area contributed by atoms with Gasteiger partial charge < -0.3 is 11.1 Å². The van der Waals surface area contributed by atoms with Crippen LogP contribution in [0.1, 0.15) is 25.7 Å². The van der Waals surface area contributed by atoms with Gasteiger partial charge in [-0.15, -0.1) is 6.42 Å². The molecule has 90 valence electrons. The first-order chi connectivity index (χ1) is 7.72. The standard InChI is InChI=1S/C12H21N3O/c1-2-8-15-9-5-11(6-10-15)14-7-3-4-12(13)16/h1,11,14H,3-10H2,(H2,13,16). The summed E-state index contributed by atoms with van der Waals surface area (Å²) in [4.78, 5) is 12.8. The summed E-state index contributed by atoms with van der Waals surface area (Å²) in [6.07, 6.45) is 8.85. The largest absolute Gasteiger partial charge is 0.370 e. The Morgan fingerprint density at radius 2 is 2.19 bits per heavy atom. The molecule has 4 nitrogen and oxygen atoms in total. The summed E-state index contributed by atoms with van der Waals surface area (Å²) in [7, 11) is 0. The molecule has 0 spiro atoms. The first kappa shape index (κ1) is 13.0. The monoisotopic (exact) mass is 223 g/mol. The third-order valence-electron chi connectivity index (χ3n) is 2.94. The number of rotatable bonds is 6. The number of terminal acetylenes is 1. The molecular weight excluding hydrogens is 202 g/mol. The zero-order valence-electron chi connectivity index (χ0n) is 9.74. The topological polar surface area (TPSA) is 58.4 Å². The number of nitrogens with two attached hydrogens (primary N) is 1. The van der Waals surface area contributed by atoms with Gasteiger partial charge in [0.1, 0.15) is 0 Å². The van der Waals surface area contributed by atoms with Crippen molar-refractivity contribution in [3.8, 4) is 12.3 Å². The van der Waals surface area contributed by atoms with E-state index in [2.05, 4.69) is 16.1 Å². The minimum absolute atomic E-state index is 0.217. The van der Waals surface area contributed by atoms with Gasteiger partial charge in [0.05, 0.1) is 6.54 Å². The normalized spacial score (nSPS) is 18.2. The van der Waals surface area contributed by atoms with Gasteiger partial charge in [0.2, 0.25) is 5.91 Å². The van der Waals surface area contributed by atoms with Crippen LogP contribution >= 0.6 is 0 Å². The Morgan fingerprint density at radius 3 is 2.75 bits per heavy atom. The van der Waals surface area contributed by atoms with Gasteiger partial charge in [-0.1, -0.05) is 5.92 Å². The van der Waals surface area contributed by atoms with E-state index >= 15 is 0 Å². The van der Waals surface area contributed by atoms with E-state index in [1.54, 1.807) is 0 Å². The van der Waals surface area contributed by atoms with E-state index in [-0.39, 0.29) is 5.91 Å². The van der Waals surface area contributed by atoms with Crippen molar-refractivity contribution in [2.24, 2.45) is 5.73 Å². The predicted molar refractivity (Wildman–Crippen MR) is 64.7 cm³/mol. The van der Waals surface area contributed by atoms with Gasteiger partial charge in [-0.3, -0.25) is 9.69 Å². The van der Waals surface area contributed by atoms with Crippen LogP contribution in [0.3, 0.4) is 0 Å². The first-order valence-corrected chi connectivity index (χ1v) is 5.90. The van der Waals surface area contributed by atoms with Gasteiger partial charge in [0.25, 0.3) is 0 Å².